The molecule has 23 heavy (non-hydrogen) atoms. The van der Waals surface area contributed by atoms with Crippen LogP contribution in [0.4, 0.5) is 11.4 Å². The van der Waals surface area contributed by atoms with Crippen LogP contribution in [0, 0.1) is 0 Å². The number of carbonyl (C=O) groups excluding carboxylic acids is 1. The standard InChI is InChI=1S/C15H15ClN6O/c16-10-4-2-6-12(8-10)20-13(23)9-3-1-5-11(7-9)21-15(19)22-14(17)18/h1-8H,(H,20,23)(H6,17,18,19,21,22). The molecule has 0 aliphatic rings. The molecule has 2 aromatic rings. The minimum atomic E-state index is -0.301. The zero-order valence-electron chi connectivity index (χ0n) is 12.0. The number of nitrogens with one attached hydrogen (secondary N) is 1. The van der Waals surface area contributed by atoms with E-state index in [1.807, 2.05) is 0 Å². The van der Waals surface area contributed by atoms with E-state index in [1.165, 1.54) is 0 Å². The van der Waals surface area contributed by atoms with Crippen LogP contribution in [0.1, 0.15) is 10.4 Å². The van der Waals surface area contributed by atoms with Crippen molar-refractivity contribution in [1.82, 2.24) is 0 Å². The molecule has 118 valence electrons. The predicted octanol–water partition coefficient (Wildman–Crippen LogP) is 1.81. The minimum absolute atomic E-state index is 0.0996. The molecule has 0 radical (unpaired) electrons. The van der Waals surface area contributed by atoms with Crippen molar-refractivity contribution in [2.24, 2.45) is 27.2 Å². The number of nitrogens with two attached hydrogens (primary N) is 3. The van der Waals surface area contributed by atoms with Crippen LogP contribution >= 0.6 is 11.6 Å². The van der Waals surface area contributed by atoms with E-state index in [0.717, 1.165) is 0 Å². The van der Waals surface area contributed by atoms with E-state index in [-0.39, 0.29) is 17.8 Å². The van der Waals surface area contributed by atoms with E-state index in [9.17, 15) is 4.79 Å². The van der Waals surface area contributed by atoms with Gasteiger partial charge in [0.05, 0.1) is 5.69 Å². The van der Waals surface area contributed by atoms with Crippen LogP contribution in [0.2, 0.25) is 5.02 Å². The first-order valence-corrected chi connectivity index (χ1v) is 6.92. The average molecular weight is 331 g/mol. The van der Waals surface area contributed by atoms with Gasteiger partial charge < -0.3 is 22.5 Å². The molecule has 7 N–H and O–H groups in total. The first-order chi connectivity index (χ1) is 10.9. The Balaban J connectivity index is 2.19. The first-order valence-electron chi connectivity index (χ1n) is 6.55. The summed E-state index contributed by atoms with van der Waals surface area (Å²) >= 11 is 5.88. The van der Waals surface area contributed by atoms with Gasteiger partial charge in [-0.15, -0.1) is 0 Å². The van der Waals surface area contributed by atoms with Gasteiger partial charge in [-0.3, -0.25) is 4.79 Å². The number of guanidine groups is 2. The lowest BCUT2D eigenvalue weighted by molar-refractivity contribution is 0.102. The number of nitrogens with zero attached hydrogens (tertiary/aromatic N) is 2. The SMILES string of the molecule is NC(N)=NC(N)=Nc1cccc(C(=O)Nc2cccc(Cl)c2)c1. The molecule has 0 spiro atoms. The number of hydrogen-bond acceptors (Lipinski definition) is 2. The highest BCUT2D eigenvalue weighted by atomic mass is 35.5. The Morgan fingerprint density at radius 3 is 2.48 bits per heavy atom. The Bertz CT molecular complexity index is 783. The van der Waals surface area contributed by atoms with Gasteiger partial charge in [-0.25, -0.2) is 4.99 Å². The summed E-state index contributed by atoms with van der Waals surface area (Å²) in [4.78, 5) is 19.9. The van der Waals surface area contributed by atoms with Gasteiger partial charge in [-0.1, -0.05) is 23.7 Å². The monoisotopic (exact) mass is 330 g/mol. The fraction of sp³-hybridized carbons (Fsp3) is 0. The summed E-state index contributed by atoms with van der Waals surface area (Å²) in [5.41, 5.74) is 17.4. The largest absolute Gasteiger partial charge is 0.370 e. The van der Waals surface area contributed by atoms with E-state index < -0.39 is 0 Å². The summed E-state index contributed by atoms with van der Waals surface area (Å²) in [6.45, 7) is 0. The molecule has 0 bridgehead atoms. The molecule has 0 aliphatic heterocycles. The molecule has 0 atom stereocenters. The van der Waals surface area contributed by atoms with Gasteiger partial charge in [-0.05, 0) is 36.4 Å². The van der Waals surface area contributed by atoms with Crippen molar-refractivity contribution in [3.63, 3.8) is 0 Å². The number of halogens is 1. The number of rotatable bonds is 3. The second kappa shape index (κ2) is 7.28. The van der Waals surface area contributed by atoms with Gasteiger partial charge in [0, 0.05) is 16.3 Å². The number of aliphatic imine (C=N–C) groups is 2. The second-order valence-electron chi connectivity index (χ2n) is 4.52. The Labute approximate surface area is 137 Å². The molecule has 7 nitrogen and oxygen atoms in total. The van der Waals surface area contributed by atoms with Gasteiger partial charge in [0.15, 0.2) is 5.96 Å². The lowest BCUT2D eigenvalue weighted by atomic mass is 10.2. The molecule has 2 rings (SSSR count). The summed E-state index contributed by atoms with van der Waals surface area (Å²) < 4.78 is 0. The highest BCUT2D eigenvalue weighted by Crippen LogP contribution is 2.18. The lowest BCUT2D eigenvalue weighted by Crippen LogP contribution is -2.26. The second-order valence-corrected chi connectivity index (χ2v) is 4.96. The van der Waals surface area contributed by atoms with Crippen molar-refractivity contribution < 1.29 is 4.79 Å². The summed E-state index contributed by atoms with van der Waals surface area (Å²) in [7, 11) is 0. The molecule has 0 aromatic heterocycles. The molecule has 0 unspecified atom stereocenters. The van der Waals surface area contributed by atoms with Crippen LogP contribution in [-0.2, 0) is 0 Å². The van der Waals surface area contributed by atoms with Gasteiger partial charge in [-0.2, -0.15) is 4.99 Å². The van der Waals surface area contributed by atoms with Crippen molar-refractivity contribution in [1.29, 1.82) is 0 Å². The lowest BCUT2D eigenvalue weighted by Gasteiger charge is -2.06. The summed E-state index contributed by atoms with van der Waals surface area (Å²) in [6.07, 6.45) is 0. The van der Waals surface area contributed by atoms with E-state index >= 15 is 0 Å². The molecule has 1 amide bonds. The molecule has 0 fully saturated rings. The van der Waals surface area contributed by atoms with Crippen LogP contribution in [-0.4, -0.2) is 17.8 Å². The van der Waals surface area contributed by atoms with Crippen molar-refractivity contribution in [2.45, 2.75) is 0 Å². The maximum atomic E-state index is 12.2. The fourth-order valence-corrected chi connectivity index (χ4v) is 1.97. The molecule has 2 aromatic carbocycles. The highest BCUT2D eigenvalue weighted by Gasteiger charge is 2.07. The molecular weight excluding hydrogens is 316 g/mol. The topological polar surface area (TPSA) is 132 Å². The number of anilines is 1. The molecule has 8 heteroatoms. The highest BCUT2D eigenvalue weighted by molar-refractivity contribution is 6.31. The molecule has 0 saturated heterocycles. The van der Waals surface area contributed by atoms with E-state index in [1.54, 1.807) is 48.5 Å². The number of amides is 1. The van der Waals surface area contributed by atoms with Crippen molar-refractivity contribution in [2.75, 3.05) is 5.32 Å². The Morgan fingerprint density at radius 1 is 1.04 bits per heavy atom. The van der Waals surface area contributed by atoms with Gasteiger partial charge in [0.1, 0.15) is 0 Å². The molecule has 0 aliphatic carbocycles. The third kappa shape index (κ3) is 5.01. The Kier molecular flexibility index (Phi) is 5.16. The molecule has 0 heterocycles. The normalized spacial score (nSPS) is 10.9. The van der Waals surface area contributed by atoms with Crippen LogP contribution in [0.5, 0.6) is 0 Å². The summed E-state index contributed by atoms with van der Waals surface area (Å²) in [5.74, 6) is -0.594. The quantitative estimate of drug-likeness (QED) is 0.504. The van der Waals surface area contributed by atoms with Crippen LogP contribution in [0.25, 0.3) is 0 Å². The van der Waals surface area contributed by atoms with Crippen LogP contribution in [0.15, 0.2) is 58.5 Å². The number of benzene rings is 2. The average Bonchev–Trinajstić information content (AvgIpc) is 2.46. The van der Waals surface area contributed by atoms with E-state index in [0.29, 0.717) is 22.0 Å². The van der Waals surface area contributed by atoms with Crippen molar-refractivity contribution in [3.8, 4) is 0 Å². The van der Waals surface area contributed by atoms with E-state index in [4.69, 9.17) is 28.8 Å². The third-order valence-corrected chi connectivity index (χ3v) is 2.91. The van der Waals surface area contributed by atoms with Crippen molar-refractivity contribution >= 4 is 40.8 Å². The van der Waals surface area contributed by atoms with Gasteiger partial charge in [0.25, 0.3) is 5.91 Å². The van der Waals surface area contributed by atoms with Gasteiger partial charge >= 0.3 is 0 Å². The minimum Gasteiger partial charge on any atom is -0.370 e. The summed E-state index contributed by atoms with van der Waals surface area (Å²) in [5, 5.41) is 3.27. The van der Waals surface area contributed by atoms with E-state index in [2.05, 4.69) is 15.3 Å². The zero-order valence-corrected chi connectivity index (χ0v) is 12.8. The Hall–Kier alpha value is -3.06. The van der Waals surface area contributed by atoms with Crippen LogP contribution in [0.3, 0.4) is 0 Å². The number of carbonyl (C=O) groups is 1. The zero-order chi connectivity index (χ0) is 16.8. The third-order valence-electron chi connectivity index (χ3n) is 2.68. The van der Waals surface area contributed by atoms with Gasteiger partial charge in [0.2, 0.25) is 5.96 Å². The predicted molar refractivity (Wildman–Crippen MR) is 92.9 cm³/mol. The maximum absolute atomic E-state index is 12.2. The summed E-state index contributed by atoms with van der Waals surface area (Å²) in [6, 6.07) is 13.4. The number of hydrogen-bond donors (Lipinski definition) is 4. The first kappa shape index (κ1) is 16.3. The molecular formula is C15H15ClN6O. The molecule has 0 saturated carbocycles. The van der Waals surface area contributed by atoms with Crippen molar-refractivity contribution in [3.05, 3.63) is 59.1 Å². The maximum Gasteiger partial charge on any atom is 0.255 e. The Morgan fingerprint density at radius 2 is 1.78 bits per heavy atom. The van der Waals surface area contributed by atoms with Crippen LogP contribution < -0.4 is 22.5 Å². The fourth-order valence-electron chi connectivity index (χ4n) is 1.78. The smallest absolute Gasteiger partial charge is 0.255 e.